The molecule has 1 amide bonds. The first-order chi connectivity index (χ1) is 12.2. The van der Waals surface area contributed by atoms with Gasteiger partial charge in [0.25, 0.3) is 0 Å². The van der Waals surface area contributed by atoms with Gasteiger partial charge in [-0.05, 0) is 49.3 Å². The van der Waals surface area contributed by atoms with Gasteiger partial charge in [-0.2, -0.15) is 0 Å². The van der Waals surface area contributed by atoms with Crippen molar-refractivity contribution in [2.24, 2.45) is 5.92 Å². The van der Waals surface area contributed by atoms with E-state index in [-0.39, 0.29) is 23.6 Å². The van der Waals surface area contributed by atoms with Gasteiger partial charge in [-0.25, -0.2) is 4.39 Å². The monoisotopic (exact) mass is 346 g/mol. The van der Waals surface area contributed by atoms with E-state index in [1.165, 1.54) is 12.5 Å². The molecule has 1 aliphatic carbocycles. The van der Waals surface area contributed by atoms with Crippen molar-refractivity contribution in [3.8, 4) is 0 Å². The summed E-state index contributed by atoms with van der Waals surface area (Å²) < 4.78 is 18.9. The van der Waals surface area contributed by atoms with Gasteiger partial charge in [-0.1, -0.05) is 12.1 Å². The third-order valence-corrected chi connectivity index (χ3v) is 5.87. The topological polar surface area (TPSA) is 32.8 Å². The largest absolute Gasteiger partial charge is 0.379 e. The van der Waals surface area contributed by atoms with E-state index in [1.807, 2.05) is 6.07 Å². The lowest BCUT2D eigenvalue weighted by Crippen LogP contribution is -2.51. The Morgan fingerprint density at radius 1 is 1.20 bits per heavy atom. The summed E-state index contributed by atoms with van der Waals surface area (Å²) in [7, 11) is 0. The summed E-state index contributed by atoms with van der Waals surface area (Å²) in [5.74, 6) is 0.326. The molecule has 2 heterocycles. The fraction of sp³-hybridized carbons (Fsp3) is 0.650. The number of amides is 1. The van der Waals surface area contributed by atoms with Crippen molar-refractivity contribution in [1.82, 2.24) is 9.80 Å². The zero-order chi connectivity index (χ0) is 17.2. The molecule has 2 saturated heterocycles. The highest BCUT2D eigenvalue weighted by atomic mass is 19.1. The molecule has 1 saturated carbocycles. The minimum Gasteiger partial charge on any atom is -0.379 e. The van der Waals surface area contributed by atoms with E-state index in [9.17, 15) is 9.18 Å². The predicted molar refractivity (Wildman–Crippen MR) is 93.9 cm³/mol. The number of ether oxygens (including phenoxy) is 1. The molecular formula is C20H27FN2O2. The van der Waals surface area contributed by atoms with E-state index in [4.69, 9.17) is 4.74 Å². The van der Waals surface area contributed by atoms with Crippen molar-refractivity contribution in [2.45, 2.75) is 37.6 Å². The number of hydrogen-bond acceptors (Lipinski definition) is 3. The quantitative estimate of drug-likeness (QED) is 0.840. The second-order valence-electron chi connectivity index (χ2n) is 7.60. The lowest BCUT2D eigenvalue weighted by atomic mass is 10.00. The van der Waals surface area contributed by atoms with Crippen LogP contribution in [-0.4, -0.2) is 61.1 Å². The number of morpholine rings is 1. The lowest BCUT2D eigenvalue weighted by molar-refractivity contribution is -0.137. The van der Waals surface area contributed by atoms with Gasteiger partial charge in [0.2, 0.25) is 5.91 Å². The van der Waals surface area contributed by atoms with Crippen molar-refractivity contribution in [1.29, 1.82) is 0 Å². The van der Waals surface area contributed by atoms with Gasteiger partial charge in [0.05, 0.1) is 13.2 Å². The average Bonchev–Trinajstić information content (AvgIpc) is 3.43. The molecule has 3 fully saturated rings. The van der Waals surface area contributed by atoms with E-state index < -0.39 is 0 Å². The number of piperidine rings is 1. The minimum absolute atomic E-state index is 0.0482. The number of carbonyl (C=O) groups is 1. The fourth-order valence-corrected chi connectivity index (χ4v) is 4.35. The number of likely N-dealkylation sites (tertiary alicyclic amines) is 1. The molecule has 4 nitrogen and oxygen atoms in total. The maximum absolute atomic E-state index is 13.4. The van der Waals surface area contributed by atoms with Crippen LogP contribution in [0.4, 0.5) is 4.39 Å². The Hall–Kier alpha value is -1.46. The highest BCUT2D eigenvalue weighted by Crippen LogP contribution is 2.49. The Kier molecular flexibility index (Phi) is 5.04. The second kappa shape index (κ2) is 7.42. The molecule has 4 rings (SSSR count). The van der Waals surface area contributed by atoms with Crippen LogP contribution in [0.15, 0.2) is 24.3 Å². The summed E-state index contributed by atoms with van der Waals surface area (Å²) >= 11 is 0. The third kappa shape index (κ3) is 3.87. The molecule has 0 spiro atoms. The van der Waals surface area contributed by atoms with Gasteiger partial charge >= 0.3 is 0 Å². The van der Waals surface area contributed by atoms with Crippen LogP contribution in [0.3, 0.4) is 0 Å². The molecule has 3 unspecified atom stereocenters. The molecule has 136 valence electrons. The molecule has 0 radical (unpaired) electrons. The van der Waals surface area contributed by atoms with Gasteiger partial charge in [-0.15, -0.1) is 0 Å². The van der Waals surface area contributed by atoms with Gasteiger partial charge < -0.3 is 9.64 Å². The molecule has 1 aromatic rings. The van der Waals surface area contributed by atoms with Crippen molar-refractivity contribution >= 4 is 5.91 Å². The van der Waals surface area contributed by atoms with E-state index >= 15 is 0 Å². The minimum atomic E-state index is -0.209. The SMILES string of the molecule is O=C(C1CC1c1cccc(F)c1)N1CCCCC1CN1CCOCC1. The Balaban J connectivity index is 1.39. The number of benzene rings is 1. The Morgan fingerprint density at radius 2 is 2.04 bits per heavy atom. The Bertz CT molecular complexity index is 617. The maximum Gasteiger partial charge on any atom is 0.226 e. The summed E-state index contributed by atoms with van der Waals surface area (Å²) in [6, 6.07) is 7.06. The molecule has 3 atom stereocenters. The Labute approximate surface area is 148 Å². The predicted octanol–water partition coefficient (Wildman–Crippen LogP) is 2.64. The summed E-state index contributed by atoms with van der Waals surface area (Å²) in [6.07, 6.45) is 4.27. The molecule has 0 bridgehead atoms. The first-order valence-electron chi connectivity index (χ1n) is 9.58. The van der Waals surface area contributed by atoms with Crippen molar-refractivity contribution < 1.29 is 13.9 Å². The van der Waals surface area contributed by atoms with Crippen LogP contribution >= 0.6 is 0 Å². The van der Waals surface area contributed by atoms with Crippen LogP contribution in [0.5, 0.6) is 0 Å². The van der Waals surface area contributed by atoms with Crippen LogP contribution in [-0.2, 0) is 9.53 Å². The number of halogens is 1. The molecule has 0 N–H and O–H groups in total. The van der Waals surface area contributed by atoms with Crippen LogP contribution < -0.4 is 0 Å². The summed E-state index contributed by atoms with van der Waals surface area (Å²) in [6.45, 7) is 5.37. The molecule has 25 heavy (non-hydrogen) atoms. The number of rotatable bonds is 4. The number of hydrogen-bond donors (Lipinski definition) is 0. The van der Waals surface area contributed by atoms with E-state index in [2.05, 4.69) is 9.80 Å². The number of nitrogens with zero attached hydrogens (tertiary/aromatic N) is 2. The van der Waals surface area contributed by atoms with Gasteiger partial charge in [-0.3, -0.25) is 9.69 Å². The molecule has 1 aromatic carbocycles. The van der Waals surface area contributed by atoms with Crippen molar-refractivity contribution in [3.63, 3.8) is 0 Å². The third-order valence-electron chi connectivity index (χ3n) is 5.87. The second-order valence-corrected chi connectivity index (χ2v) is 7.60. The summed E-state index contributed by atoms with van der Waals surface area (Å²) in [5.41, 5.74) is 0.972. The van der Waals surface area contributed by atoms with Crippen LogP contribution in [0.1, 0.15) is 37.2 Å². The molecule has 3 aliphatic rings. The smallest absolute Gasteiger partial charge is 0.226 e. The Morgan fingerprint density at radius 3 is 2.84 bits per heavy atom. The van der Waals surface area contributed by atoms with Gasteiger partial charge in [0, 0.05) is 38.1 Å². The van der Waals surface area contributed by atoms with Crippen LogP contribution in [0.25, 0.3) is 0 Å². The average molecular weight is 346 g/mol. The first kappa shape index (κ1) is 17.0. The highest BCUT2D eigenvalue weighted by molar-refractivity contribution is 5.83. The number of carbonyl (C=O) groups excluding carboxylic acids is 1. The maximum atomic E-state index is 13.4. The molecule has 5 heteroatoms. The first-order valence-corrected chi connectivity index (χ1v) is 9.58. The highest BCUT2D eigenvalue weighted by Gasteiger charge is 2.47. The zero-order valence-electron chi connectivity index (χ0n) is 14.7. The van der Waals surface area contributed by atoms with Gasteiger partial charge in [0.1, 0.15) is 5.82 Å². The fourth-order valence-electron chi connectivity index (χ4n) is 4.35. The zero-order valence-corrected chi connectivity index (χ0v) is 14.7. The molecular weight excluding hydrogens is 319 g/mol. The van der Waals surface area contributed by atoms with Crippen LogP contribution in [0.2, 0.25) is 0 Å². The van der Waals surface area contributed by atoms with Crippen molar-refractivity contribution in [2.75, 3.05) is 39.4 Å². The van der Waals surface area contributed by atoms with E-state index in [0.29, 0.717) is 6.04 Å². The molecule has 2 aliphatic heterocycles. The lowest BCUT2D eigenvalue weighted by Gasteiger charge is -2.40. The summed E-state index contributed by atoms with van der Waals surface area (Å²) in [5, 5.41) is 0. The van der Waals surface area contributed by atoms with E-state index in [0.717, 1.165) is 64.2 Å². The standard InChI is InChI=1S/C20H27FN2O2/c21-16-5-3-4-15(12-16)18-13-19(18)20(24)23-7-2-1-6-17(23)14-22-8-10-25-11-9-22/h3-5,12,17-19H,1-2,6-11,13-14H2. The molecule has 0 aromatic heterocycles. The van der Waals surface area contributed by atoms with Crippen molar-refractivity contribution in [3.05, 3.63) is 35.6 Å². The van der Waals surface area contributed by atoms with Crippen LogP contribution in [0, 0.1) is 11.7 Å². The normalized spacial score (nSPS) is 30.3. The summed E-state index contributed by atoms with van der Waals surface area (Å²) in [4.78, 5) is 17.6. The van der Waals surface area contributed by atoms with Gasteiger partial charge in [0.15, 0.2) is 0 Å². The van der Waals surface area contributed by atoms with E-state index in [1.54, 1.807) is 12.1 Å².